The molecule has 0 N–H and O–H groups in total. The lowest BCUT2D eigenvalue weighted by molar-refractivity contribution is 0.403. The van der Waals surface area contributed by atoms with E-state index in [4.69, 9.17) is 4.74 Å². The second kappa shape index (κ2) is 10.1. The summed E-state index contributed by atoms with van der Waals surface area (Å²) in [6, 6.07) is 26.7. The third-order valence-electron chi connectivity index (χ3n) is 8.54. The summed E-state index contributed by atoms with van der Waals surface area (Å²) in [5.74, 6) is 1.96. The number of rotatable bonds is 7. The Labute approximate surface area is 233 Å². The summed E-state index contributed by atoms with van der Waals surface area (Å²) in [7, 11) is 0. The zero-order valence-electron chi connectivity index (χ0n) is 24.0. The lowest BCUT2D eigenvalue weighted by Crippen LogP contribution is -2.43. The summed E-state index contributed by atoms with van der Waals surface area (Å²) < 4.78 is 6.82. The third kappa shape index (κ3) is 4.19. The average Bonchev–Trinajstić information content (AvgIpc) is 3.41. The van der Waals surface area contributed by atoms with Crippen molar-refractivity contribution in [2.75, 3.05) is 22.9 Å². The van der Waals surface area contributed by atoms with Crippen LogP contribution in [-0.4, -0.2) is 19.1 Å². The minimum absolute atomic E-state index is 0.103. The number of fused-ring (bicyclic) bond motifs is 6. The van der Waals surface area contributed by atoms with Crippen molar-refractivity contribution in [3.05, 3.63) is 102 Å². The van der Waals surface area contributed by atoms with E-state index in [0.29, 0.717) is 0 Å². The van der Waals surface area contributed by atoms with Gasteiger partial charge < -0.3 is 14.5 Å². The van der Waals surface area contributed by atoms with Crippen LogP contribution in [0.4, 0.5) is 11.4 Å². The van der Waals surface area contributed by atoms with Crippen LogP contribution in [-0.2, 0) is 5.41 Å². The van der Waals surface area contributed by atoms with E-state index in [1.165, 1.54) is 44.1 Å². The molecule has 0 spiro atoms. The van der Waals surface area contributed by atoms with Gasteiger partial charge in [0.2, 0.25) is 0 Å². The molecule has 200 valence electrons. The number of hydrogen-bond donors (Lipinski definition) is 0. The van der Waals surface area contributed by atoms with Crippen molar-refractivity contribution in [1.29, 1.82) is 0 Å². The molecule has 0 aliphatic carbocycles. The second-order valence-electron chi connectivity index (χ2n) is 11.6. The predicted octanol–water partition coefficient (Wildman–Crippen LogP) is 9.36. The molecule has 4 aromatic rings. The van der Waals surface area contributed by atoms with Crippen LogP contribution < -0.4 is 14.5 Å². The summed E-state index contributed by atoms with van der Waals surface area (Å²) in [4.78, 5) is 5.04. The SMILES string of the molecule is CCCN1/C(=C/C2N(CCC)c3ccc4ccccc4c3C2(C)CC=C(C)C)Oc2c1ccc1ccccc21. The van der Waals surface area contributed by atoms with Gasteiger partial charge in [-0.2, -0.15) is 0 Å². The fraction of sp³-hybridized carbons (Fsp3) is 0.333. The summed E-state index contributed by atoms with van der Waals surface area (Å²) in [6.45, 7) is 13.4. The van der Waals surface area contributed by atoms with Crippen LogP contribution in [0.5, 0.6) is 5.75 Å². The molecule has 2 atom stereocenters. The van der Waals surface area contributed by atoms with Gasteiger partial charge in [-0.1, -0.05) is 93.1 Å². The van der Waals surface area contributed by atoms with E-state index in [2.05, 4.69) is 129 Å². The first kappa shape index (κ1) is 25.6. The Morgan fingerprint density at radius 3 is 2.15 bits per heavy atom. The molecule has 3 heteroatoms. The van der Waals surface area contributed by atoms with Crippen LogP contribution in [0.25, 0.3) is 21.5 Å². The van der Waals surface area contributed by atoms with Crippen molar-refractivity contribution in [1.82, 2.24) is 0 Å². The van der Waals surface area contributed by atoms with Crippen LogP contribution in [0.2, 0.25) is 0 Å². The molecule has 6 rings (SSSR count). The van der Waals surface area contributed by atoms with Crippen molar-refractivity contribution in [2.45, 2.75) is 65.3 Å². The molecular formula is C36H40N2O. The van der Waals surface area contributed by atoms with Crippen molar-refractivity contribution in [3.63, 3.8) is 0 Å². The number of hydrogen-bond acceptors (Lipinski definition) is 3. The lowest BCUT2D eigenvalue weighted by Gasteiger charge is -2.35. The smallest absolute Gasteiger partial charge is 0.198 e. The zero-order chi connectivity index (χ0) is 27.1. The van der Waals surface area contributed by atoms with E-state index in [9.17, 15) is 0 Å². The predicted molar refractivity (Wildman–Crippen MR) is 167 cm³/mol. The highest BCUT2D eigenvalue weighted by Gasteiger charge is 2.48. The summed E-state index contributed by atoms with van der Waals surface area (Å²) in [6.07, 6.45) is 7.99. The van der Waals surface area contributed by atoms with Crippen molar-refractivity contribution < 1.29 is 4.74 Å². The van der Waals surface area contributed by atoms with Gasteiger partial charge in [0, 0.05) is 29.6 Å². The number of allylic oxidation sites excluding steroid dienone is 2. The third-order valence-corrected chi connectivity index (χ3v) is 8.54. The molecule has 0 aromatic heterocycles. The van der Waals surface area contributed by atoms with Crippen LogP contribution in [0.3, 0.4) is 0 Å². The molecule has 39 heavy (non-hydrogen) atoms. The van der Waals surface area contributed by atoms with Gasteiger partial charge in [0.25, 0.3) is 0 Å². The Bertz CT molecular complexity index is 1590. The van der Waals surface area contributed by atoms with E-state index in [0.717, 1.165) is 44.0 Å². The van der Waals surface area contributed by atoms with Crippen LogP contribution in [0, 0.1) is 0 Å². The molecule has 2 aliphatic heterocycles. The lowest BCUT2D eigenvalue weighted by atomic mass is 9.73. The first-order chi connectivity index (χ1) is 19.0. The van der Waals surface area contributed by atoms with Crippen LogP contribution in [0.1, 0.15) is 59.4 Å². The second-order valence-corrected chi connectivity index (χ2v) is 11.6. The Morgan fingerprint density at radius 1 is 0.821 bits per heavy atom. The minimum atomic E-state index is -0.103. The van der Waals surface area contributed by atoms with Crippen molar-refractivity contribution in [3.8, 4) is 5.75 Å². The molecule has 3 nitrogen and oxygen atoms in total. The maximum Gasteiger partial charge on any atom is 0.198 e. The number of nitrogens with zero attached hydrogens (tertiary/aromatic N) is 2. The van der Waals surface area contributed by atoms with Gasteiger partial charge in [-0.25, -0.2) is 0 Å². The van der Waals surface area contributed by atoms with E-state index in [1.807, 2.05) is 0 Å². The molecule has 2 unspecified atom stereocenters. The van der Waals surface area contributed by atoms with E-state index < -0.39 is 0 Å². The molecule has 4 aromatic carbocycles. The zero-order valence-corrected chi connectivity index (χ0v) is 24.0. The molecule has 0 amide bonds. The molecular weight excluding hydrogens is 476 g/mol. The molecule has 0 fully saturated rings. The Hall–Kier alpha value is -3.72. The quantitative estimate of drug-likeness (QED) is 0.228. The van der Waals surface area contributed by atoms with E-state index in [1.54, 1.807) is 0 Å². The maximum atomic E-state index is 6.82. The fourth-order valence-corrected chi connectivity index (χ4v) is 6.70. The number of benzene rings is 4. The average molecular weight is 517 g/mol. The van der Waals surface area contributed by atoms with Crippen LogP contribution >= 0.6 is 0 Å². The summed E-state index contributed by atoms with van der Waals surface area (Å²) >= 11 is 0. The van der Waals surface area contributed by atoms with E-state index in [-0.39, 0.29) is 11.5 Å². The first-order valence-corrected chi connectivity index (χ1v) is 14.6. The molecule has 0 saturated carbocycles. The van der Waals surface area contributed by atoms with Gasteiger partial charge in [0.05, 0.1) is 11.7 Å². The number of anilines is 2. The van der Waals surface area contributed by atoms with Gasteiger partial charge >= 0.3 is 0 Å². The Morgan fingerprint density at radius 2 is 1.46 bits per heavy atom. The molecule has 2 heterocycles. The van der Waals surface area contributed by atoms with Gasteiger partial charge in [-0.3, -0.25) is 0 Å². The van der Waals surface area contributed by atoms with Gasteiger partial charge in [-0.05, 0) is 73.0 Å². The monoisotopic (exact) mass is 516 g/mol. The molecule has 0 radical (unpaired) electrons. The van der Waals surface area contributed by atoms with Gasteiger partial charge in [0.1, 0.15) is 0 Å². The van der Waals surface area contributed by atoms with Crippen molar-refractivity contribution >= 4 is 32.9 Å². The molecule has 2 aliphatic rings. The molecule has 0 saturated heterocycles. The largest absolute Gasteiger partial charge is 0.438 e. The summed E-state index contributed by atoms with van der Waals surface area (Å²) in [5.41, 5.74) is 5.27. The first-order valence-electron chi connectivity index (χ1n) is 14.6. The maximum absolute atomic E-state index is 6.82. The highest BCUT2D eigenvalue weighted by molar-refractivity contribution is 5.96. The summed E-state index contributed by atoms with van der Waals surface area (Å²) in [5, 5.41) is 5.08. The number of ether oxygens (including phenoxy) is 1. The van der Waals surface area contributed by atoms with E-state index >= 15 is 0 Å². The standard InChI is InChI=1S/C36H40N2O/c1-6-22-37-30-18-16-26-12-8-10-14-28(26)34(30)36(5,21-20-25(3)4)32(37)24-33-38(23-7-2)31-19-17-27-13-9-11-15-29(27)35(31)39-33/h8-20,24,32H,6-7,21-23H2,1-5H3/b33-24-. The normalized spacial score (nSPS) is 20.9. The topological polar surface area (TPSA) is 15.7 Å². The Kier molecular flexibility index (Phi) is 6.62. The Balaban J connectivity index is 1.54. The molecule has 0 bridgehead atoms. The fourth-order valence-electron chi connectivity index (χ4n) is 6.70. The highest BCUT2D eigenvalue weighted by Crippen LogP contribution is 2.53. The van der Waals surface area contributed by atoms with Gasteiger partial charge in [0.15, 0.2) is 11.6 Å². The van der Waals surface area contributed by atoms with Crippen molar-refractivity contribution in [2.24, 2.45) is 0 Å². The highest BCUT2D eigenvalue weighted by atomic mass is 16.5. The minimum Gasteiger partial charge on any atom is -0.438 e. The van der Waals surface area contributed by atoms with Gasteiger partial charge in [-0.15, -0.1) is 0 Å². The van der Waals surface area contributed by atoms with Crippen LogP contribution in [0.15, 0.2) is 96.4 Å².